The highest BCUT2D eigenvalue weighted by Crippen LogP contribution is 2.44. The summed E-state index contributed by atoms with van der Waals surface area (Å²) in [6, 6.07) is 0.741. The molecule has 2 aliphatic rings. The van der Waals surface area contributed by atoms with Crippen molar-refractivity contribution in [1.82, 2.24) is 4.90 Å². The molecule has 88 valence electrons. The van der Waals surface area contributed by atoms with E-state index in [9.17, 15) is 0 Å². The van der Waals surface area contributed by atoms with Crippen molar-refractivity contribution in [1.29, 1.82) is 0 Å². The molecule has 0 aromatic rings. The van der Waals surface area contributed by atoms with Gasteiger partial charge in [0.25, 0.3) is 0 Å². The standard InChI is InChI=1S/C13H26N2/c1-10-4-5-15(12(3)6-10)13(9-14)7-11(2)8-13/h10-12H,4-9,14H2,1-3H3. The first-order valence-electron chi connectivity index (χ1n) is 6.54. The maximum Gasteiger partial charge on any atom is 0.0339 e. The third-order valence-electron chi connectivity index (χ3n) is 4.58. The summed E-state index contributed by atoms with van der Waals surface area (Å²) in [4.78, 5) is 2.72. The number of nitrogens with two attached hydrogens (primary N) is 1. The molecule has 0 amide bonds. The summed E-state index contributed by atoms with van der Waals surface area (Å²) in [5.74, 6) is 1.80. The number of rotatable bonds is 2. The number of hydrogen-bond acceptors (Lipinski definition) is 2. The van der Waals surface area contributed by atoms with Crippen molar-refractivity contribution in [3.8, 4) is 0 Å². The molecule has 2 fully saturated rings. The highest BCUT2D eigenvalue weighted by molar-refractivity contribution is 5.04. The molecule has 1 saturated heterocycles. The van der Waals surface area contributed by atoms with Crippen molar-refractivity contribution in [3.63, 3.8) is 0 Å². The number of piperidine rings is 1. The molecule has 1 aliphatic heterocycles. The zero-order valence-electron chi connectivity index (χ0n) is 10.5. The maximum absolute atomic E-state index is 6.02. The minimum Gasteiger partial charge on any atom is -0.329 e. The number of hydrogen-bond donors (Lipinski definition) is 1. The van der Waals surface area contributed by atoms with E-state index in [-0.39, 0.29) is 0 Å². The number of nitrogens with zero attached hydrogens (tertiary/aromatic N) is 1. The molecule has 0 bridgehead atoms. The van der Waals surface area contributed by atoms with Gasteiger partial charge in [-0.25, -0.2) is 0 Å². The molecule has 0 radical (unpaired) electrons. The average molecular weight is 210 g/mol. The van der Waals surface area contributed by atoms with Gasteiger partial charge in [-0.15, -0.1) is 0 Å². The summed E-state index contributed by atoms with van der Waals surface area (Å²) >= 11 is 0. The van der Waals surface area contributed by atoms with Crippen molar-refractivity contribution in [2.75, 3.05) is 13.1 Å². The van der Waals surface area contributed by atoms with Crippen LogP contribution in [0.1, 0.15) is 46.5 Å². The Morgan fingerprint density at radius 1 is 1.20 bits per heavy atom. The van der Waals surface area contributed by atoms with Crippen LogP contribution in [0.2, 0.25) is 0 Å². The lowest BCUT2D eigenvalue weighted by molar-refractivity contribution is -0.0590. The minimum absolute atomic E-state index is 0.374. The Morgan fingerprint density at radius 3 is 2.33 bits per heavy atom. The molecule has 2 N–H and O–H groups in total. The molecule has 2 rings (SSSR count). The third kappa shape index (κ3) is 1.94. The van der Waals surface area contributed by atoms with Gasteiger partial charge in [0.15, 0.2) is 0 Å². The van der Waals surface area contributed by atoms with Crippen LogP contribution >= 0.6 is 0 Å². The Balaban J connectivity index is 2.03. The Labute approximate surface area is 94.2 Å². The maximum atomic E-state index is 6.02. The second kappa shape index (κ2) is 4.06. The molecule has 0 aromatic heterocycles. The Kier molecular flexibility index (Phi) is 3.09. The van der Waals surface area contributed by atoms with Gasteiger partial charge in [-0.3, -0.25) is 4.90 Å². The van der Waals surface area contributed by atoms with Crippen molar-refractivity contribution >= 4 is 0 Å². The van der Waals surface area contributed by atoms with Gasteiger partial charge in [0.05, 0.1) is 0 Å². The summed E-state index contributed by atoms with van der Waals surface area (Å²) in [5.41, 5.74) is 6.39. The van der Waals surface area contributed by atoms with E-state index in [2.05, 4.69) is 25.7 Å². The highest BCUT2D eigenvalue weighted by atomic mass is 15.2. The summed E-state index contributed by atoms with van der Waals surface area (Å²) in [7, 11) is 0. The molecule has 2 atom stereocenters. The summed E-state index contributed by atoms with van der Waals surface area (Å²) in [6.07, 6.45) is 5.36. The predicted molar refractivity (Wildman–Crippen MR) is 64.7 cm³/mol. The van der Waals surface area contributed by atoms with Crippen LogP contribution in [-0.4, -0.2) is 29.6 Å². The van der Waals surface area contributed by atoms with E-state index < -0.39 is 0 Å². The van der Waals surface area contributed by atoms with Crippen LogP contribution in [0.5, 0.6) is 0 Å². The van der Waals surface area contributed by atoms with Crippen molar-refractivity contribution in [3.05, 3.63) is 0 Å². The van der Waals surface area contributed by atoms with E-state index in [1.54, 1.807) is 0 Å². The van der Waals surface area contributed by atoms with Gasteiger partial charge < -0.3 is 5.73 Å². The first-order valence-corrected chi connectivity index (χ1v) is 6.54. The lowest BCUT2D eigenvalue weighted by Crippen LogP contribution is -2.65. The molecule has 15 heavy (non-hydrogen) atoms. The summed E-state index contributed by atoms with van der Waals surface area (Å²) < 4.78 is 0. The zero-order valence-corrected chi connectivity index (χ0v) is 10.5. The topological polar surface area (TPSA) is 29.3 Å². The molecule has 0 aromatic carbocycles. The lowest BCUT2D eigenvalue weighted by atomic mass is 9.66. The van der Waals surface area contributed by atoms with Crippen LogP contribution in [-0.2, 0) is 0 Å². The molecule has 2 nitrogen and oxygen atoms in total. The van der Waals surface area contributed by atoms with Crippen LogP contribution in [0.3, 0.4) is 0 Å². The Bertz CT molecular complexity index is 221. The Morgan fingerprint density at radius 2 is 1.87 bits per heavy atom. The minimum atomic E-state index is 0.374. The smallest absolute Gasteiger partial charge is 0.0339 e. The molecule has 2 unspecified atom stereocenters. The van der Waals surface area contributed by atoms with Gasteiger partial charge in [-0.2, -0.15) is 0 Å². The van der Waals surface area contributed by atoms with Crippen LogP contribution in [0.25, 0.3) is 0 Å². The van der Waals surface area contributed by atoms with Gasteiger partial charge in [0.1, 0.15) is 0 Å². The highest BCUT2D eigenvalue weighted by Gasteiger charge is 2.47. The van der Waals surface area contributed by atoms with E-state index >= 15 is 0 Å². The molecule has 1 heterocycles. The average Bonchev–Trinajstić information content (AvgIpc) is 2.13. The summed E-state index contributed by atoms with van der Waals surface area (Å²) in [6.45, 7) is 9.25. The van der Waals surface area contributed by atoms with Gasteiger partial charge >= 0.3 is 0 Å². The predicted octanol–water partition coefficient (Wildman–Crippen LogP) is 2.23. The molecule has 2 heteroatoms. The SMILES string of the molecule is CC1CCN(C2(CN)CC(C)C2)C(C)C1. The molecular formula is C13H26N2. The Hall–Kier alpha value is -0.0800. The van der Waals surface area contributed by atoms with Gasteiger partial charge in [0, 0.05) is 18.1 Å². The van der Waals surface area contributed by atoms with Crippen LogP contribution in [0.15, 0.2) is 0 Å². The second-order valence-electron chi connectivity index (χ2n) is 6.11. The van der Waals surface area contributed by atoms with E-state index in [0.717, 1.165) is 24.4 Å². The second-order valence-corrected chi connectivity index (χ2v) is 6.11. The largest absolute Gasteiger partial charge is 0.329 e. The molecule has 0 spiro atoms. The number of likely N-dealkylation sites (tertiary alicyclic amines) is 1. The van der Waals surface area contributed by atoms with Crippen LogP contribution in [0.4, 0.5) is 0 Å². The first-order chi connectivity index (χ1) is 7.07. The third-order valence-corrected chi connectivity index (χ3v) is 4.58. The van der Waals surface area contributed by atoms with Crippen LogP contribution in [0, 0.1) is 11.8 Å². The van der Waals surface area contributed by atoms with E-state index in [4.69, 9.17) is 5.73 Å². The van der Waals surface area contributed by atoms with E-state index in [0.29, 0.717) is 5.54 Å². The zero-order chi connectivity index (χ0) is 11.1. The normalized spacial score (nSPS) is 47.6. The van der Waals surface area contributed by atoms with Crippen molar-refractivity contribution < 1.29 is 0 Å². The molecule has 1 saturated carbocycles. The monoisotopic (exact) mass is 210 g/mol. The fourth-order valence-corrected chi connectivity index (χ4v) is 3.87. The lowest BCUT2D eigenvalue weighted by Gasteiger charge is -2.57. The van der Waals surface area contributed by atoms with Crippen molar-refractivity contribution in [2.24, 2.45) is 17.6 Å². The summed E-state index contributed by atoms with van der Waals surface area (Å²) in [5, 5.41) is 0. The van der Waals surface area contributed by atoms with E-state index in [1.807, 2.05) is 0 Å². The fraction of sp³-hybridized carbons (Fsp3) is 1.00. The molecule has 1 aliphatic carbocycles. The molecular weight excluding hydrogens is 184 g/mol. The first kappa shape index (κ1) is 11.4. The van der Waals surface area contributed by atoms with Crippen molar-refractivity contribution in [2.45, 2.75) is 58.0 Å². The van der Waals surface area contributed by atoms with Gasteiger partial charge in [-0.05, 0) is 51.0 Å². The van der Waals surface area contributed by atoms with Gasteiger partial charge in [-0.1, -0.05) is 13.8 Å². The van der Waals surface area contributed by atoms with Gasteiger partial charge in [0.2, 0.25) is 0 Å². The van der Waals surface area contributed by atoms with E-state index in [1.165, 1.54) is 32.2 Å². The van der Waals surface area contributed by atoms with Crippen LogP contribution < -0.4 is 5.73 Å². The fourth-order valence-electron chi connectivity index (χ4n) is 3.87. The quantitative estimate of drug-likeness (QED) is 0.757.